The van der Waals surface area contributed by atoms with Crippen molar-refractivity contribution in [2.45, 2.75) is 20.5 Å². The summed E-state index contributed by atoms with van der Waals surface area (Å²) in [6.45, 7) is 6.08. The van der Waals surface area contributed by atoms with Crippen LogP contribution in [0.4, 0.5) is 5.69 Å². The van der Waals surface area contributed by atoms with Crippen LogP contribution in [-0.2, 0) is 16.1 Å². The van der Waals surface area contributed by atoms with Crippen LogP contribution >= 0.6 is 0 Å². The molecule has 2 aromatic carbocycles. The van der Waals surface area contributed by atoms with E-state index in [9.17, 15) is 4.79 Å². The smallest absolute Gasteiger partial charge is 0.255 e. The van der Waals surface area contributed by atoms with Gasteiger partial charge in [-0.2, -0.15) is 0 Å². The molecule has 6 heteroatoms. The SMILES string of the molecule is CCOCCOCc1cccc(NC(=O)c2cc(OC)c(C)c(OC)c2)c1. The van der Waals surface area contributed by atoms with E-state index in [0.717, 1.165) is 11.1 Å². The monoisotopic (exact) mass is 373 g/mol. The van der Waals surface area contributed by atoms with E-state index < -0.39 is 0 Å². The fraction of sp³-hybridized carbons (Fsp3) is 0.381. The summed E-state index contributed by atoms with van der Waals surface area (Å²) in [5.41, 5.74) is 2.99. The Bertz CT molecular complexity index is 735. The molecule has 27 heavy (non-hydrogen) atoms. The minimum absolute atomic E-state index is 0.235. The molecule has 2 rings (SSSR count). The van der Waals surface area contributed by atoms with Crippen LogP contribution in [0.3, 0.4) is 0 Å². The van der Waals surface area contributed by atoms with Crippen LogP contribution in [-0.4, -0.2) is 39.9 Å². The van der Waals surface area contributed by atoms with E-state index in [1.165, 1.54) is 0 Å². The number of hydrogen-bond acceptors (Lipinski definition) is 5. The van der Waals surface area contributed by atoms with Crippen molar-refractivity contribution in [1.82, 2.24) is 0 Å². The zero-order chi connectivity index (χ0) is 19.6. The van der Waals surface area contributed by atoms with Crippen molar-refractivity contribution in [3.05, 3.63) is 53.1 Å². The molecule has 6 nitrogen and oxygen atoms in total. The van der Waals surface area contributed by atoms with Gasteiger partial charge in [-0.15, -0.1) is 0 Å². The number of nitrogens with one attached hydrogen (secondary N) is 1. The van der Waals surface area contributed by atoms with Crippen LogP contribution in [0.25, 0.3) is 0 Å². The number of rotatable bonds is 10. The molecular weight excluding hydrogens is 346 g/mol. The number of amides is 1. The highest BCUT2D eigenvalue weighted by molar-refractivity contribution is 6.05. The van der Waals surface area contributed by atoms with Gasteiger partial charge in [-0.3, -0.25) is 4.79 Å². The third kappa shape index (κ3) is 5.98. The Morgan fingerprint density at radius 3 is 2.30 bits per heavy atom. The highest BCUT2D eigenvalue weighted by atomic mass is 16.5. The zero-order valence-electron chi connectivity index (χ0n) is 16.3. The molecular formula is C21H27NO5. The van der Waals surface area contributed by atoms with Gasteiger partial charge in [0.15, 0.2) is 0 Å². The predicted molar refractivity (Wildman–Crippen MR) is 105 cm³/mol. The fourth-order valence-corrected chi connectivity index (χ4v) is 2.61. The molecule has 2 aromatic rings. The second kappa shape index (κ2) is 10.5. The molecule has 0 bridgehead atoms. The molecule has 0 aromatic heterocycles. The van der Waals surface area contributed by atoms with E-state index in [1.54, 1.807) is 26.4 Å². The van der Waals surface area contributed by atoms with Crippen LogP contribution in [0.1, 0.15) is 28.4 Å². The van der Waals surface area contributed by atoms with Crippen LogP contribution < -0.4 is 14.8 Å². The third-order valence-corrected chi connectivity index (χ3v) is 4.04. The molecule has 0 aliphatic rings. The van der Waals surface area contributed by atoms with E-state index in [1.807, 2.05) is 38.1 Å². The Morgan fingerprint density at radius 2 is 1.67 bits per heavy atom. The van der Waals surface area contributed by atoms with Gasteiger partial charge in [-0.25, -0.2) is 0 Å². The average molecular weight is 373 g/mol. The number of benzene rings is 2. The van der Waals surface area contributed by atoms with E-state index in [2.05, 4.69) is 5.32 Å². The lowest BCUT2D eigenvalue weighted by Gasteiger charge is -2.13. The summed E-state index contributed by atoms with van der Waals surface area (Å²) in [6, 6.07) is 11.0. The number of carbonyl (C=O) groups excluding carboxylic acids is 1. The number of anilines is 1. The first-order chi connectivity index (χ1) is 13.1. The van der Waals surface area contributed by atoms with E-state index >= 15 is 0 Å². The molecule has 0 spiro atoms. The standard InChI is InChI=1S/C21H27NO5/c1-5-26-9-10-27-14-16-7-6-8-18(11-16)22-21(23)17-12-19(24-3)15(2)20(13-17)25-4/h6-8,11-13H,5,9-10,14H2,1-4H3,(H,22,23). The lowest BCUT2D eigenvalue weighted by Crippen LogP contribution is -2.13. The normalized spacial score (nSPS) is 10.5. The maximum absolute atomic E-state index is 12.6. The zero-order valence-corrected chi connectivity index (χ0v) is 16.3. The van der Waals surface area contributed by atoms with Crippen molar-refractivity contribution in [3.63, 3.8) is 0 Å². The fourth-order valence-electron chi connectivity index (χ4n) is 2.61. The maximum atomic E-state index is 12.6. The summed E-state index contributed by atoms with van der Waals surface area (Å²) in [4.78, 5) is 12.6. The lowest BCUT2D eigenvalue weighted by atomic mass is 10.1. The number of carbonyl (C=O) groups is 1. The van der Waals surface area contributed by atoms with E-state index in [4.69, 9.17) is 18.9 Å². The minimum atomic E-state index is -0.235. The second-order valence-corrected chi connectivity index (χ2v) is 5.91. The van der Waals surface area contributed by atoms with Crippen LogP contribution in [0.15, 0.2) is 36.4 Å². The van der Waals surface area contributed by atoms with Gasteiger partial charge in [0.1, 0.15) is 11.5 Å². The van der Waals surface area contributed by atoms with Gasteiger partial charge in [0, 0.05) is 23.4 Å². The first kappa shape index (κ1) is 20.7. The Kier molecular flexibility index (Phi) is 8.10. The van der Waals surface area contributed by atoms with Gasteiger partial charge in [-0.05, 0) is 43.7 Å². The number of hydrogen-bond donors (Lipinski definition) is 1. The van der Waals surface area contributed by atoms with Gasteiger partial charge >= 0.3 is 0 Å². The molecule has 0 radical (unpaired) electrons. The summed E-state index contributed by atoms with van der Waals surface area (Å²) in [5.74, 6) is 0.980. The Morgan fingerprint density at radius 1 is 1.00 bits per heavy atom. The molecule has 0 aliphatic carbocycles. The van der Waals surface area contributed by atoms with Crippen LogP contribution in [0.2, 0.25) is 0 Å². The summed E-state index contributed by atoms with van der Waals surface area (Å²) >= 11 is 0. The van der Waals surface area contributed by atoms with Gasteiger partial charge in [-0.1, -0.05) is 12.1 Å². The van der Waals surface area contributed by atoms with Gasteiger partial charge < -0.3 is 24.3 Å². The summed E-state index contributed by atoms with van der Waals surface area (Å²) in [5, 5.41) is 2.90. The minimum Gasteiger partial charge on any atom is -0.496 e. The molecule has 146 valence electrons. The molecule has 0 unspecified atom stereocenters. The summed E-state index contributed by atoms with van der Waals surface area (Å²) in [6.07, 6.45) is 0. The highest BCUT2D eigenvalue weighted by Gasteiger charge is 2.14. The molecule has 0 heterocycles. The topological polar surface area (TPSA) is 66.0 Å². The van der Waals surface area contributed by atoms with Crippen molar-refractivity contribution in [2.24, 2.45) is 0 Å². The summed E-state index contributed by atoms with van der Waals surface area (Å²) < 4.78 is 21.5. The highest BCUT2D eigenvalue weighted by Crippen LogP contribution is 2.29. The first-order valence-corrected chi connectivity index (χ1v) is 8.87. The van der Waals surface area contributed by atoms with Crippen molar-refractivity contribution < 1.29 is 23.7 Å². The molecule has 0 saturated heterocycles. The largest absolute Gasteiger partial charge is 0.496 e. The van der Waals surface area contributed by atoms with E-state index in [-0.39, 0.29) is 5.91 Å². The van der Waals surface area contributed by atoms with Crippen molar-refractivity contribution in [3.8, 4) is 11.5 Å². The van der Waals surface area contributed by atoms with Crippen molar-refractivity contribution in [1.29, 1.82) is 0 Å². The number of ether oxygens (including phenoxy) is 4. The average Bonchev–Trinajstić information content (AvgIpc) is 2.68. The maximum Gasteiger partial charge on any atom is 0.255 e. The van der Waals surface area contributed by atoms with E-state index in [0.29, 0.717) is 49.2 Å². The second-order valence-electron chi connectivity index (χ2n) is 5.91. The quantitative estimate of drug-likeness (QED) is 0.642. The molecule has 1 amide bonds. The van der Waals surface area contributed by atoms with Gasteiger partial charge in [0.05, 0.1) is 34.0 Å². The number of methoxy groups -OCH3 is 2. The Hall–Kier alpha value is -2.57. The molecule has 0 fully saturated rings. The molecule has 1 N–H and O–H groups in total. The van der Waals surface area contributed by atoms with Crippen molar-refractivity contribution >= 4 is 11.6 Å². The van der Waals surface area contributed by atoms with Gasteiger partial charge in [0.2, 0.25) is 0 Å². The summed E-state index contributed by atoms with van der Waals surface area (Å²) in [7, 11) is 3.14. The van der Waals surface area contributed by atoms with Gasteiger partial charge in [0.25, 0.3) is 5.91 Å². The molecule has 0 saturated carbocycles. The molecule has 0 aliphatic heterocycles. The lowest BCUT2D eigenvalue weighted by molar-refractivity contribution is 0.0453. The third-order valence-electron chi connectivity index (χ3n) is 4.04. The van der Waals surface area contributed by atoms with Crippen LogP contribution in [0, 0.1) is 6.92 Å². The first-order valence-electron chi connectivity index (χ1n) is 8.87. The Labute approximate surface area is 160 Å². The predicted octanol–water partition coefficient (Wildman–Crippen LogP) is 3.82. The Balaban J connectivity index is 2.04. The van der Waals surface area contributed by atoms with Crippen LogP contribution in [0.5, 0.6) is 11.5 Å². The van der Waals surface area contributed by atoms with Crippen molar-refractivity contribution in [2.75, 3.05) is 39.4 Å². The molecule has 0 atom stereocenters.